The van der Waals surface area contributed by atoms with Gasteiger partial charge in [0.2, 0.25) is 0 Å². The van der Waals surface area contributed by atoms with Gasteiger partial charge in [0.1, 0.15) is 6.61 Å². The topological polar surface area (TPSA) is 120 Å². The van der Waals surface area contributed by atoms with Gasteiger partial charge in [-0.15, -0.1) is 11.3 Å². The average Bonchev–Trinajstić information content (AvgIpc) is 3.40. The van der Waals surface area contributed by atoms with Crippen LogP contribution in [0.1, 0.15) is 10.4 Å². The number of carbonyl (C=O) groups is 2. The maximum absolute atomic E-state index is 12.3. The van der Waals surface area contributed by atoms with Crippen molar-refractivity contribution in [2.24, 2.45) is 0 Å². The van der Waals surface area contributed by atoms with Gasteiger partial charge in [-0.1, -0.05) is 30.3 Å². The molecule has 3 aromatic rings. The predicted octanol–water partition coefficient (Wildman–Crippen LogP) is 3.69. The first-order chi connectivity index (χ1) is 18.2. The first-order valence-corrected chi connectivity index (χ1v) is 12.8. The van der Waals surface area contributed by atoms with Crippen LogP contribution in [0.15, 0.2) is 60.0 Å². The Bertz CT molecular complexity index is 1080. The maximum atomic E-state index is 12.3. The Hall–Kier alpha value is -3.51. The van der Waals surface area contributed by atoms with Crippen molar-refractivity contribution in [1.29, 1.82) is 0 Å². The Morgan fingerprint density at radius 1 is 0.838 bits per heavy atom. The molecule has 0 spiro atoms. The molecule has 37 heavy (non-hydrogen) atoms. The molecule has 0 radical (unpaired) electrons. The fraction of sp³-hybridized carbons (Fsp3) is 0.346. The van der Waals surface area contributed by atoms with Crippen LogP contribution in [0, 0.1) is 0 Å². The summed E-state index contributed by atoms with van der Waals surface area (Å²) < 4.78 is 20.9. The first-order valence-electron chi connectivity index (χ1n) is 11.9. The van der Waals surface area contributed by atoms with Gasteiger partial charge in [-0.3, -0.25) is 4.79 Å². The molecule has 3 N–H and O–H groups in total. The maximum Gasteiger partial charge on any atom is 0.406 e. The summed E-state index contributed by atoms with van der Waals surface area (Å²) in [6.45, 7) is 2.95. The number of amides is 2. The van der Waals surface area contributed by atoms with E-state index in [4.69, 9.17) is 18.9 Å². The average molecular weight is 529 g/mol. The van der Waals surface area contributed by atoms with Crippen LogP contribution in [0.5, 0.6) is 0 Å². The third kappa shape index (κ3) is 10.6. The van der Waals surface area contributed by atoms with Gasteiger partial charge in [0, 0.05) is 35.8 Å². The summed E-state index contributed by atoms with van der Waals surface area (Å²) in [7, 11) is 1.50. The zero-order chi connectivity index (χ0) is 26.1. The van der Waals surface area contributed by atoms with Gasteiger partial charge >= 0.3 is 6.09 Å². The summed E-state index contributed by atoms with van der Waals surface area (Å²) in [5.74, 6) is -0.162. The van der Waals surface area contributed by atoms with E-state index in [0.717, 1.165) is 22.1 Å². The Balaban J connectivity index is 1.22. The lowest BCUT2D eigenvalue weighted by molar-refractivity contribution is 0.00631. The number of ether oxygens (including phenoxy) is 4. The highest BCUT2D eigenvalue weighted by Gasteiger charge is 2.07. The molecular weight excluding hydrogens is 496 g/mol. The molecule has 11 heteroatoms. The van der Waals surface area contributed by atoms with Crippen molar-refractivity contribution in [2.45, 2.75) is 0 Å². The minimum atomic E-state index is -0.482. The lowest BCUT2D eigenvalue weighted by Crippen LogP contribution is -2.27. The van der Waals surface area contributed by atoms with E-state index in [1.54, 1.807) is 12.1 Å². The highest BCUT2D eigenvalue weighted by Crippen LogP contribution is 2.27. The van der Waals surface area contributed by atoms with E-state index in [1.807, 2.05) is 47.8 Å². The number of hydrogen-bond acceptors (Lipinski definition) is 9. The van der Waals surface area contributed by atoms with Crippen molar-refractivity contribution in [2.75, 3.05) is 65.2 Å². The molecule has 0 atom stereocenters. The van der Waals surface area contributed by atoms with E-state index in [-0.39, 0.29) is 12.5 Å². The number of nitrogens with one attached hydrogen (secondary N) is 3. The number of aromatic nitrogens is 1. The molecule has 0 unspecified atom stereocenters. The Kier molecular flexibility index (Phi) is 12.3. The molecular formula is C26H32N4O6S. The van der Waals surface area contributed by atoms with Gasteiger partial charge in [0.05, 0.1) is 45.3 Å². The zero-order valence-corrected chi connectivity index (χ0v) is 21.6. The molecule has 1 heterocycles. The van der Waals surface area contributed by atoms with Gasteiger partial charge in [-0.25, -0.2) is 9.78 Å². The highest BCUT2D eigenvalue weighted by molar-refractivity contribution is 7.14. The third-order valence-corrected chi connectivity index (χ3v) is 5.67. The van der Waals surface area contributed by atoms with Gasteiger partial charge in [0.25, 0.3) is 5.91 Å². The van der Waals surface area contributed by atoms with Gasteiger partial charge in [0.15, 0.2) is 5.13 Å². The zero-order valence-electron chi connectivity index (χ0n) is 20.7. The second kappa shape index (κ2) is 16.3. The van der Waals surface area contributed by atoms with Gasteiger partial charge < -0.3 is 34.9 Å². The molecule has 2 amide bonds. The molecule has 0 fully saturated rings. The fourth-order valence-electron chi connectivity index (χ4n) is 3.05. The van der Waals surface area contributed by atoms with Gasteiger partial charge in [-0.05, 0) is 24.3 Å². The van der Waals surface area contributed by atoms with E-state index in [1.165, 1.54) is 18.4 Å². The monoisotopic (exact) mass is 528 g/mol. The van der Waals surface area contributed by atoms with Gasteiger partial charge in [-0.2, -0.15) is 0 Å². The number of alkyl carbamates (subject to hydrolysis) is 1. The molecule has 2 aromatic carbocycles. The van der Waals surface area contributed by atoms with Crippen LogP contribution < -0.4 is 16.0 Å². The van der Waals surface area contributed by atoms with E-state index < -0.39 is 6.09 Å². The summed E-state index contributed by atoms with van der Waals surface area (Å²) in [4.78, 5) is 27.8. The Morgan fingerprint density at radius 3 is 2.16 bits per heavy atom. The number of hydrogen-bond donors (Lipinski definition) is 3. The Labute approximate surface area is 220 Å². The number of benzene rings is 2. The molecule has 0 aliphatic heterocycles. The van der Waals surface area contributed by atoms with Crippen LogP contribution in [0.3, 0.4) is 0 Å². The second-order valence-electron chi connectivity index (χ2n) is 7.59. The van der Waals surface area contributed by atoms with Crippen molar-refractivity contribution in [1.82, 2.24) is 15.6 Å². The van der Waals surface area contributed by atoms with Crippen LogP contribution in [0.2, 0.25) is 0 Å². The van der Waals surface area contributed by atoms with Crippen LogP contribution in [-0.4, -0.2) is 76.8 Å². The number of thiazole rings is 1. The minimum absolute atomic E-state index is 0.162. The minimum Gasteiger partial charge on any atom is -0.447 e. The summed E-state index contributed by atoms with van der Waals surface area (Å²) in [5, 5.41) is 11.3. The Morgan fingerprint density at radius 2 is 1.49 bits per heavy atom. The van der Waals surface area contributed by atoms with Crippen molar-refractivity contribution < 1.29 is 28.5 Å². The summed E-state index contributed by atoms with van der Waals surface area (Å²) in [5.41, 5.74) is 3.42. The van der Waals surface area contributed by atoms with E-state index in [2.05, 4.69) is 20.9 Å². The highest BCUT2D eigenvalue weighted by atomic mass is 32.1. The first kappa shape index (κ1) is 28.1. The third-order valence-electron chi connectivity index (χ3n) is 4.91. The standard InChI is InChI=1S/C26H32N4O6S/c1-27-26(32)36-18-17-35-16-15-34-14-13-33-12-11-28-24(31)21-7-9-22(10-8-21)29-25-30-23(19-37-25)20-5-3-2-4-6-20/h2-10,19H,11-18H2,1H3,(H,27,32)(H,28,31)(H,29,30). The van der Waals surface area contributed by atoms with Crippen molar-refractivity contribution in [3.8, 4) is 11.3 Å². The van der Waals surface area contributed by atoms with Crippen molar-refractivity contribution in [3.63, 3.8) is 0 Å². The molecule has 198 valence electrons. The summed E-state index contributed by atoms with van der Waals surface area (Å²) >= 11 is 1.53. The molecule has 10 nitrogen and oxygen atoms in total. The molecule has 0 bridgehead atoms. The number of carbonyl (C=O) groups excluding carboxylic acids is 2. The number of rotatable bonds is 16. The molecule has 3 rings (SSSR count). The second-order valence-corrected chi connectivity index (χ2v) is 8.44. The van der Waals surface area contributed by atoms with Crippen molar-refractivity contribution >= 4 is 34.2 Å². The lowest BCUT2D eigenvalue weighted by Gasteiger charge is -2.09. The quantitative estimate of drug-likeness (QED) is 0.241. The molecule has 0 saturated carbocycles. The van der Waals surface area contributed by atoms with E-state index in [0.29, 0.717) is 51.7 Å². The van der Waals surface area contributed by atoms with E-state index >= 15 is 0 Å². The predicted molar refractivity (Wildman–Crippen MR) is 142 cm³/mol. The van der Waals surface area contributed by atoms with Crippen molar-refractivity contribution in [3.05, 3.63) is 65.5 Å². The number of nitrogens with zero attached hydrogens (tertiary/aromatic N) is 1. The van der Waals surface area contributed by atoms with Crippen LogP contribution in [0.4, 0.5) is 15.6 Å². The SMILES string of the molecule is CNC(=O)OCCOCCOCCOCCNC(=O)c1ccc(Nc2nc(-c3ccccc3)cs2)cc1. The van der Waals surface area contributed by atoms with Crippen LogP contribution in [0.25, 0.3) is 11.3 Å². The lowest BCUT2D eigenvalue weighted by atomic mass is 10.2. The molecule has 1 aromatic heterocycles. The summed E-state index contributed by atoms with van der Waals surface area (Å²) in [6, 6.07) is 17.3. The molecule has 0 aliphatic rings. The van der Waals surface area contributed by atoms with Crippen LogP contribution in [-0.2, 0) is 18.9 Å². The molecule has 0 aliphatic carbocycles. The fourth-order valence-corrected chi connectivity index (χ4v) is 3.79. The van der Waals surface area contributed by atoms with E-state index in [9.17, 15) is 9.59 Å². The summed E-state index contributed by atoms with van der Waals surface area (Å²) in [6.07, 6.45) is -0.482. The normalized spacial score (nSPS) is 10.6. The molecule has 0 saturated heterocycles. The largest absolute Gasteiger partial charge is 0.447 e. The van der Waals surface area contributed by atoms with Crippen LogP contribution >= 0.6 is 11.3 Å². The number of anilines is 2. The smallest absolute Gasteiger partial charge is 0.406 e.